The van der Waals surface area contributed by atoms with Crippen molar-refractivity contribution < 1.29 is 23.4 Å². The summed E-state index contributed by atoms with van der Waals surface area (Å²) in [5, 5.41) is 11.1. The number of aliphatic hydroxyl groups excluding tert-OH is 1. The van der Waals surface area contributed by atoms with Gasteiger partial charge in [-0.05, 0) is 24.1 Å². The highest BCUT2D eigenvalue weighted by Gasteiger charge is 2.17. The summed E-state index contributed by atoms with van der Waals surface area (Å²) in [7, 11) is 1.53. The first-order chi connectivity index (χ1) is 8.93. The van der Waals surface area contributed by atoms with Gasteiger partial charge in [0.05, 0.1) is 13.5 Å². The fourth-order valence-electron chi connectivity index (χ4n) is 1.53. The maximum absolute atomic E-state index is 12.0. The lowest BCUT2D eigenvalue weighted by Gasteiger charge is -2.11. The summed E-state index contributed by atoms with van der Waals surface area (Å²) in [6.45, 7) is 1.42. The highest BCUT2D eigenvalue weighted by molar-refractivity contribution is 5.78. The van der Waals surface area contributed by atoms with Crippen LogP contribution < -0.4 is 10.1 Å². The number of aliphatic hydroxyl groups is 1. The minimum absolute atomic E-state index is 0.0482. The Hall–Kier alpha value is -1.69. The third-order valence-electron chi connectivity index (χ3n) is 2.64. The Morgan fingerprint density at radius 2 is 2.16 bits per heavy atom. The minimum atomic E-state index is -2.86. The van der Waals surface area contributed by atoms with Gasteiger partial charge in [-0.15, -0.1) is 0 Å². The molecule has 0 fully saturated rings. The number of rotatable bonds is 6. The molecule has 6 heteroatoms. The van der Waals surface area contributed by atoms with Crippen molar-refractivity contribution in [3.05, 3.63) is 29.3 Å². The number of benzene rings is 1. The molecule has 0 aliphatic rings. The normalized spacial score (nSPS) is 12.3. The lowest BCUT2D eigenvalue weighted by atomic mass is 10.1. The first-order valence-corrected chi connectivity index (χ1v) is 5.80. The molecular weight excluding hydrogens is 256 g/mol. The van der Waals surface area contributed by atoms with E-state index in [1.165, 1.54) is 7.11 Å². The van der Waals surface area contributed by atoms with Crippen molar-refractivity contribution in [3.63, 3.8) is 0 Å². The predicted molar refractivity (Wildman–Crippen MR) is 66.5 cm³/mol. The molecule has 1 amide bonds. The van der Waals surface area contributed by atoms with E-state index in [1.807, 2.05) is 13.0 Å². The zero-order chi connectivity index (χ0) is 14.4. The predicted octanol–water partition coefficient (Wildman–Crippen LogP) is 1.29. The van der Waals surface area contributed by atoms with Gasteiger partial charge in [-0.3, -0.25) is 4.79 Å². The number of halogens is 2. The topological polar surface area (TPSA) is 58.6 Å². The van der Waals surface area contributed by atoms with E-state index in [4.69, 9.17) is 9.84 Å². The molecular formula is C13H17F2NO3. The van der Waals surface area contributed by atoms with Crippen LogP contribution >= 0.6 is 0 Å². The molecule has 0 saturated carbocycles. The van der Waals surface area contributed by atoms with Crippen LogP contribution in [0.5, 0.6) is 5.75 Å². The summed E-state index contributed by atoms with van der Waals surface area (Å²) in [5.74, 6) is 0.239. The van der Waals surface area contributed by atoms with E-state index in [2.05, 4.69) is 5.32 Å². The van der Waals surface area contributed by atoms with Crippen LogP contribution in [0.1, 0.15) is 11.1 Å². The number of alkyl halides is 2. The number of carbonyl (C=O) groups is 1. The lowest BCUT2D eigenvalue weighted by Crippen LogP contribution is -2.36. The zero-order valence-electron chi connectivity index (χ0n) is 10.8. The van der Waals surface area contributed by atoms with E-state index in [-0.39, 0.29) is 6.42 Å². The Kier molecular flexibility index (Phi) is 5.69. The number of ether oxygens (including phenoxy) is 1. The highest BCUT2D eigenvalue weighted by Crippen LogP contribution is 2.19. The Labute approximate surface area is 110 Å². The smallest absolute Gasteiger partial charge is 0.265 e. The zero-order valence-corrected chi connectivity index (χ0v) is 10.8. The van der Waals surface area contributed by atoms with E-state index in [1.54, 1.807) is 12.1 Å². The number of hydrogen-bond acceptors (Lipinski definition) is 3. The van der Waals surface area contributed by atoms with Gasteiger partial charge in [-0.1, -0.05) is 12.1 Å². The molecule has 0 bridgehead atoms. The summed E-state index contributed by atoms with van der Waals surface area (Å²) in [6, 6.07) is 5.30. The van der Waals surface area contributed by atoms with Crippen LogP contribution in [0, 0.1) is 6.92 Å². The number of amides is 1. The van der Waals surface area contributed by atoms with E-state index < -0.39 is 25.0 Å². The Morgan fingerprint density at radius 3 is 2.74 bits per heavy atom. The third-order valence-corrected chi connectivity index (χ3v) is 2.64. The standard InChI is InChI=1S/C13H17F2NO3/c1-8-3-4-9(5-11(8)19-2)6-12(18)16-7-10(17)13(14)15/h3-5,10,13,17H,6-7H2,1-2H3,(H,16,18). The van der Waals surface area contributed by atoms with Crippen molar-refractivity contribution in [1.29, 1.82) is 0 Å². The molecule has 0 heterocycles. The van der Waals surface area contributed by atoms with Crippen LogP contribution in [0.4, 0.5) is 8.78 Å². The van der Waals surface area contributed by atoms with E-state index >= 15 is 0 Å². The molecule has 1 unspecified atom stereocenters. The minimum Gasteiger partial charge on any atom is -0.496 e. The Bertz CT molecular complexity index is 438. The summed E-state index contributed by atoms with van der Waals surface area (Å²) in [4.78, 5) is 11.5. The van der Waals surface area contributed by atoms with Crippen molar-refractivity contribution in [1.82, 2.24) is 5.32 Å². The van der Waals surface area contributed by atoms with Gasteiger partial charge in [0.1, 0.15) is 11.9 Å². The van der Waals surface area contributed by atoms with Crippen LogP contribution in [0.15, 0.2) is 18.2 Å². The van der Waals surface area contributed by atoms with Crippen LogP contribution in [0.25, 0.3) is 0 Å². The second-order valence-electron chi connectivity index (χ2n) is 4.19. The number of carbonyl (C=O) groups excluding carboxylic acids is 1. The number of nitrogens with one attached hydrogen (secondary N) is 1. The van der Waals surface area contributed by atoms with Gasteiger partial charge in [-0.25, -0.2) is 8.78 Å². The first kappa shape index (κ1) is 15.4. The molecule has 0 radical (unpaired) electrons. The third kappa shape index (κ3) is 4.82. The fraction of sp³-hybridized carbons (Fsp3) is 0.462. The summed E-state index contributed by atoms with van der Waals surface area (Å²) < 4.78 is 29.2. The number of hydrogen-bond donors (Lipinski definition) is 2. The van der Waals surface area contributed by atoms with Crippen LogP contribution in [0.3, 0.4) is 0 Å². The summed E-state index contributed by atoms with van der Waals surface area (Å²) >= 11 is 0. The van der Waals surface area contributed by atoms with Gasteiger partial charge >= 0.3 is 0 Å². The molecule has 0 spiro atoms. The molecule has 106 valence electrons. The largest absolute Gasteiger partial charge is 0.496 e. The number of aryl methyl sites for hydroxylation is 1. The Balaban J connectivity index is 2.53. The monoisotopic (exact) mass is 273 g/mol. The fourth-order valence-corrected chi connectivity index (χ4v) is 1.53. The average molecular weight is 273 g/mol. The molecule has 1 atom stereocenters. The molecule has 19 heavy (non-hydrogen) atoms. The summed E-state index contributed by atoms with van der Waals surface area (Å²) in [6.07, 6.45) is -4.65. The van der Waals surface area contributed by atoms with E-state index in [9.17, 15) is 13.6 Å². The van der Waals surface area contributed by atoms with Gasteiger partial charge in [-0.2, -0.15) is 0 Å². The molecule has 0 aliphatic carbocycles. The molecule has 4 nitrogen and oxygen atoms in total. The summed E-state index contributed by atoms with van der Waals surface area (Å²) in [5.41, 5.74) is 1.66. The maximum Gasteiger partial charge on any atom is 0.265 e. The number of methoxy groups -OCH3 is 1. The maximum atomic E-state index is 12.0. The van der Waals surface area contributed by atoms with Crippen molar-refractivity contribution >= 4 is 5.91 Å². The lowest BCUT2D eigenvalue weighted by molar-refractivity contribution is -0.121. The molecule has 0 aliphatic heterocycles. The second kappa shape index (κ2) is 7.04. The van der Waals surface area contributed by atoms with Crippen molar-refractivity contribution in [2.45, 2.75) is 25.9 Å². The van der Waals surface area contributed by atoms with Gasteiger partial charge in [0, 0.05) is 6.54 Å². The molecule has 2 N–H and O–H groups in total. The average Bonchev–Trinajstić information content (AvgIpc) is 2.38. The quantitative estimate of drug-likeness (QED) is 0.821. The first-order valence-electron chi connectivity index (χ1n) is 5.80. The van der Waals surface area contributed by atoms with Crippen LogP contribution in [-0.2, 0) is 11.2 Å². The SMILES string of the molecule is COc1cc(CC(=O)NCC(O)C(F)F)ccc1C. The highest BCUT2D eigenvalue weighted by atomic mass is 19.3. The molecule has 0 saturated heterocycles. The van der Waals surface area contributed by atoms with Gasteiger partial charge < -0.3 is 15.2 Å². The second-order valence-corrected chi connectivity index (χ2v) is 4.19. The van der Waals surface area contributed by atoms with E-state index in [0.717, 1.165) is 5.56 Å². The van der Waals surface area contributed by atoms with Crippen molar-refractivity contribution in [3.8, 4) is 5.75 Å². The molecule has 1 rings (SSSR count). The van der Waals surface area contributed by atoms with Gasteiger partial charge in [0.15, 0.2) is 0 Å². The van der Waals surface area contributed by atoms with Gasteiger partial charge in [0.25, 0.3) is 6.43 Å². The van der Waals surface area contributed by atoms with Crippen LogP contribution in [0.2, 0.25) is 0 Å². The van der Waals surface area contributed by atoms with Crippen molar-refractivity contribution in [2.24, 2.45) is 0 Å². The van der Waals surface area contributed by atoms with Crippen LogP contribution in [-0.4, -0.2) is 37.2 Å². The van der Waals surface area contributed by atoms with E-state index in [0.29, 0.717) is 11.3 Å². The van der Waals surface area contributed by atoms with Crippen molar-refractivity contribution in [2.75, 3.05) is 13.7 Å². The Morgan fingerprint density at radius 1 is 1.47 bits per heavy atom. The molecule has 1 aromatic rings. The molecule has 0 aromatic heterocycles. The van der Waals surface area contributed by atoms with Gasteiger partial charge in [0.2, 0.25) is 5.91 Å². The molecule has 1 aromatic carbocycles.